The van der Waals surface area contributed by atoms with E-state index >= 15 is 0 Å². The van der Waals surface area contributed by atoms with Crippen LogP contribution in [-0.2, 0) is 6.18 Å². The lowest BCUT2D eigenvalue weighted by Crippen LogP contribution is -2.25. The number of aromatic nitrogens is 2. The topological polar surface area (TPSA) is 66.9 Å². The van der Waals surface area contributed by atoms with Crippen LogP contribution in [0.4, 0.5) is 24.7 Å². The van der Waals surface area contributed by atoms with Crippen molar-refractivity contribution >= 4 is 17.4 Å². The normalized spacial score (nSPS) is 11.1. The molecule has 0 aliphatic heterocycles. The molecule has 0 saturated heterocycles. The summed E-state index contributed by atoms with van der Waals surface area (Å²) < 4.78 is 38.0. The summed E-state index contributed by atoms with van der Waals surface area (Å²) in [4.78, 5) is 19.6. The molecule has 23 heavy (non-hydrogen) atoms. The third kappa shape index (κ3) is 4.67. The summed E-state index contributed by atoms with van der Waals surface area (Å²) in [5, 5.41) is 5.38. The van der Waals surface area contributed by atoms with Crippen LogP contribution in [0.1, 0.15) is 29.4 Å². The quantitative estimate of drug-likeness (QED) is 0.885. The van der Waals surface area contributed by atoms with Crippen molar-refractivity contribution in [3.8, 4) is 0 Å². The number of carbonyl (C=O) groups excluding carboxylic acids is 1. The Morgan fingerprint density at radius 3 is 2.61 bits per heavy atom. The molecule has 0 bridgehead atoms. The zero-order valence-corrected chi connectivity index (χ0v) is 12.3. The summed E-state index contributed by atoms with van der Waals surface area (Å²) >= 11 is 0. The zero-order chi connectivity index (χ0) is 16.9. The second-order valence-electron chi connectivity index (χ2n) is 4.75. The van der Waals surface area contributed by atoms with Gasteiger partial charge >= 0.3 is 6.18 Å². The van der Waals surface area contributed by atoms with E-state index in [-0.39, 0.29) is 23.1 Å². The molecule has 2 rings (SSSR count). The Bertz CT molecular complexity index is 671. The Morgan fingerprint density at radius 1 is 1.22 bits per heavy atom. The number of alkyl halides is 3. The third-order valence-electron chi connectivity index (χ3n) is 2.88. The summed E-state index contributed by atoms with van der Waals surface area (Å²) in [7, 11) is 0. The molecule has 0 aliphatic carbocycles. The summed E-state index contributed by atoms with van der Waals surface area (Å²) in [6.45, 7) is 2.46. The first-order chi connectivity index (χ1) is 10.9. The van der Waals surface area contributed by atoms with E-state index in [2.05, 4.69) is 20.6 Å². The van der Waals surface area contributed by atoms with E-state index in [1.54, 1.807) is 0 Å². The molecule has 1 heterocycles. The first kappa shape index (κ1) is 16.7. The highest BCUT2D eigenvalue weighted by Gasteiger charge is 2.30. The molecule has 1 aromatic carbocycles. The highest BCUT2D eigenvalue weighted by molar-refractivity contribution is 5.92. The molecule has 0 saturated carbocycles. The lowest BCUT2D eigenvalue weighted by Gasteiger charge is -2.10. The Labute approximate surface area is 131 Å². The fourth-order valence-electron chi connectivity index (χ4n) is 1.76. The van der Waals surface area contributed by atoms with Crippen molar-refractivity contribution in [1.82, 2.24) is 15.3 Å². The van der Waals surface area contributed by atoms with Crippen LogP contribution in [0.5, 0.6) is 0 Å². The maximum Gasteiger partial charge on any atom is 0.416 e. The highest BCUT2D eigenvalue weighted by Crippen LogP contribution is 2.31. The van der Waals surface area contributed by atoms with Gasteiger partial charge in [0.2, 0.25) is 0 Å². The number of hydrogen-bond acceptors (Lipinski definition) is 4. The molecule has 8 heteroatoms. The molecule has 0 fully saturated rings. The molecule has 0 aliphatic rings. The van der Waals surface area contributed by atoms with Crippen LogP contribution in [0.25, 0.3) is 0 Å². The van der Waals surface area contributed by atoms with Gasteiger partial charge in [0.05, 0.1) is 18.0 Å². The van der Waals surface area contributed by atoms with Gasteiger partial charge in [0.1, 0.15) is 11.5 Å². The number of nitrogens with one attached hydrogen (secondary N) is 2. The summed E-state index contributed by atoms with van der Waals surface area (Å²) in [5.74, 6) is -0.0960. The number of rotatable bonds is 5. The minimum absolute atomic E-state index is 0.146. The molecular weight excluding hydrogens is 309 g/mol. The summed E-state index contributed by atoms with van der Waals surface area (Å²) in [6, 6.07) is 4.74. The predicted molar refractivity (Wildman–Crippen MR) is 79.4 cm³/mol. The van der Waals surface area contributed by atoms with Crippen molar-refractivity contribution in [3.05, 3.63) is 47.9 Å². The van der Waals surface area contributed by atoms with Crippen LogP contribution in [0.15, 0.2) is 36.7 Å². The van der Waals surface area contributed by atoms with Crippen LogP contribution >= 0.6 is 0 Å². The maximum atomic E-state index is 12.7. The first-order valence-corrected chi connectivity index (χ1v) is 6.94. The molecule has 1 amide bonds. The molecular formula is C15H15F3N4O. The van der Waals surface area contributed by atoms with Crippen molar-refractivity contribution in [2.75, 3.05) is 11.9 Å². The van der Waals surface area contributed by atoms with Gasteiger partial charge in [0.15, 0.2) is 0 Å². The van der Waals surface area contributed by atoms with Crippen LogP contribution in [0, 0.1) is 0 Å². The second kappa shape index (κ2) is 7.08. The Kier molecular flexibility index (Phi) is 5.15. The smallest absolute Gasteiger partial charge is 0.351 e. The molecule has 0 unspecified atom stereocenters. The fraction of sp³-hybridized carbons (Fsp3) is 0.267. The van der Waals surface area contributed by atoms with Gasteiger partial charge in [-0.3, -0.25) is 4.79 Å². The van der Waals surface area contributed by atoms with Crippen LogP contribution in [-0.4, -0.2) is 22.4 Å². The van der Waals surface area contributed by atoms with Gasteiger partial charge in [-0.15, -0.1) is 0 Å². The summed E-state index contributed by atoms with van der Waals surface area (Å²) in [6.07, 6.45) is -1.05. The van der Waals surface area contributed by atoms with Crippen molar-refractivity contribution in [2.24, 2.45) is 0 Å². The van der Waals surface area contributed by atoms with E-state index < -0.39 is 11.7 Å². The van der Waals surface area contributed by atoms with E-state index in [1.165, 1.54) is 24.5 Å². The SMILES string of the molecule is CCCNC(=O)c1cnc(Nc2cccc(C(F)(F)F)c2)cn1. The average Bonchev–Trinajstić information content (AvgIpc) is 2.53. The molecule has 0 radical (unpaired) electrons. The van der Waals surface area contributed by atoms with Gasteiger partial charge < -0.3 is 10.6 Å². The predicted octanol–water partition coefficient (Wildman–Crippen LogP) is 3.38. The minimum Gasteiger partial charge on any atom is -0.351 e. The number of anilines is 2. The van der Waals surface area contributed by atoms with Gasteiger partial charge in [-0.1, -0.05) is 13.0 Å². The van der Waals surface area contributed by atoms with E-state index in [9.17, 15) is 18.0 Å². The number of halogens is 3. The standard InChI is InChI=1S/C15H15F3N4O/c1-2-6-19-14(23)12-8-21-13(9-20-12)22-11-5-3-4-10(7-11)15(16,17)18/h3-5,7-9H,2,6H2,1H3,(H,19,23)(H,21,22). The van der Waals surface area contributed by atoms with E-state index in [4.69, 9.17) is 0 Å². The molecule has 1 aromatic heterocycles. The third-order valence-corrected chi connectivity index (χ3v) is 2.88. The maximum absolute atomic E-state index is 12.7. The number of nitrogens with zero attached hydrogens (tertiary/aromatic N) is 2. The van der Waals surface area contributed by atoms with Crippen LogP contribution < -0.4 is 10.6 Å². The molecule has 2 N–H and O–H groups in total. The molecule has 0 spiro atoms. The average molecular weight is 324 g/mol. The van der Waals surface area contributed by atoms with E-state index in [0.717, 1.165) is 18.6 Å². The van der Waals surface area contributed by atoms with Gasteiger partial charge in [-0.05, 0) is 24.6 Å². The fourth-order valence-corrected chi connectivity index (χ4v) is 1.76. The Hall–Kier alpha value is -2.64. The lowest BCUT2D eigenvalue weighted by atomic mass is 10.2. The van der Waals surface area contributed by atoms with Gasteiger partial charge in [0, 0.05) is 12.2 Å². The lowest BCUT2D eigenvalue weighted by molar-refractivity contribution is -0.137. The van der Waals surface area contributed by atoms with Gasteiger partial charge in [-0.2, -0.15) is 13.2 Å². The van der Waals surface area contributed by atoms with Gasteiger partial charge in [0.25, 0.3) is 5.91 Å². The monoisotopic (exact) mass is 324 g/mol. The zero-order valence-electron chi connectivity index (χ0n) is 12.3. The first-order valence-electron chi connectivity index (χ1n) is 6.94. The Morgan fingerprint density at radius 2 is 2.00 bits per heavy atom. The van der Waals surface area contributed by atoms with E-state index in [0.29, 0.717) is 6.54 Å². The number of hydrogen-bond donors (Lipinski definition) is 2. The van der Waals surface area contributed by atoms with Crippen molar-refractivity contribution in [1.29, 1.82) is 0 Å². The van der Waals surface area contributed by atoms with Crippen LogP contribution in [0.3, 0.4) is 0 Å². The van der Waals surface area contributed by atoms with Crippen molar-refractivity contribution < 1.29 is 18.0 Å². The Balaban J connectivity index is 2.08. The van der Waals surface area contributed by atoms with E-state index in [1.807, 2.05) is 6.92 Å². The van der Waals surface area contributed by atoms with Crippen molar-refractivity contribution in [2.45, 2.75) is 19.5 Å². The van der Waals surface area contributed by atoms with Crippen LogP contribution in [0.2, 0.25) is 0 Å². The molecule has 0 atom stereocenters. The molecule has 122 valence electrons. The number of benzene rings is 1. The van der Waals surface area contributed by atoms with Crippen molar-refractivity contribution in [3.63, 3.8) is 0 Å². The minimum atomic E-state index is -4.41. The second-order valence-corrected chi connectivity index (χ2v) is 4.75. The molecule has 5 nitrogen and oxygen atoms in total. The van der Waals surface area contributed by atoms with Gasteiger partial charge in [-0.25, -0.2) is 9.97 Å². The number of amides is 1. The highest BCUT2D eigenvalue weighted by atomic mass is 19.4. The largest absolute Gasteiger partial charge is 0.416 e. The number of carbonyl (C=O) groups is 1. The molecule has 2 aromatic rings. The summed E-state index contributed by atoms with van der Waals surface area (Å²) in [5.41, 5.74) is -0.378.